The van der Waals surface area contributed by atoms with E-state index in [1.165, 1.54) is 6.92 Å². The number of ketones is 2. The van der Waals surface area contributed by atoms with Crippen LogP contribution in [0.1, 0.15) is 86.1 Å². The van der Waals surface area contributed by atoms with Crippen LogP contribution in [0.4, 0.5) is 0 Å². The summed E-state index contributed by atoms with van der Waals surface area (Å²) in [5.41, 5.74) is 6.13. The Morgan fingerprint density at radius 2 is 1.96 bits per heavy atom. The summed E-state index contributed by atoms with van der Waals surface area (Å²) in [6.07, 6.45) is 11.1. The Labute approximate surface area is 267 Å². The first-order chi connectivity index (χ1) is 21.6. The van der Waals surface area contributed by atoms with Gasteiger partial charge in [-0.2, -0.15) is 5.26 Å². The molecule has 0 unspecified atom stereocenters. The van der Waals surface area contributed by atoms with Crippen molar-refractivity contribution in [2.24, 2.45) is 0 Å². The third-order valence-corrected chi connectivity index (χ3v) is 7.42. The van der Waals surface area contributed by atoms with Crippen molar-refractivity contribution in [2.45, 2.75) is 71.6 Å². The number of aryl methyl sites for hydroxylation is 2. The first-order valence-electron chi connectivity index (χ1n) is 15.3. The van der Waals surface area contributed by atoms with Gasteiger partial charge in [0.15, 0.2) is 17.9 Å². The van der Waals surface area contributed by atoms with Crippen molar-refractivity contribution in [1.82, 2.24) is 10.3 Å². The monoisotopic (exact) mass is 614 g/mol. The van der Waals surface area contributed by atoms with E-state index in [0.717, 1.165) is 42.2 Å². The molecule has 1 aromatic rings. The molecule has 0 aromatic carbocycles. The molecule has 0 amide bonds. The largest absolute Gasteiger partial charge is 0.383 e. The minimum Gasteiger partial charge on any atom is -0.383 e. The highest BCUT2D eigenvalue weighted by Crippen LogP contribution is 2.26. The molecule has 1 heterocycles. The number of aldehydes is 1. The molecule has 0 spiro atoms. The second-order valence-electron chi connectivity index (χ2n) is 11.1. The number of methoxy groups -OCH3 is 1. The van der Waals surface area contributed by atoms with E-state index in [1.807, 2.05) is 6.07 Å². The fourth-order valence-electron chi connectivity index (χ4n) is 4.84. The van der Waals surface area contributed by atoms with Crippen molar-refractivity contribution in [3.63, 3.8) is 0 Å². The van der Waals surface area contributed by atoms with Gasteiger partial charge >= 0.3 is 0 Å². The van der Waals surface area contributed by atoms with E-state index in [1.54, 1.807) is 32.3 Å². The van der Waals surface area contributed by atoms with E-state index in [-0.39, 0.29) is 30.3 Å². The number of fused-ring (bicyclic) bond motifs is 1. The number of hydrogen-bond donors (Lipinski definition) is 2. The van der Waals surface area contributed by atoms with Gasteiger partial charge in [-0.05, 0) is 99.6 Å². The summed E-state index contributed by atoms with van der Waals surface area (Å²) in [4.78, 5) is 41.3. The third kappa shape index (κ3) is 12.7. The quantitative estimate of drug-likeness (QED) is 0.0455. The Morgan fingerprint density at radius 3 is 2.62 bits per heavy atom. The lowest BCUT2D eigenvalue weighted by atomic mass is 9.90. The molecule has 2 rings (SSSR count). The molecule has 1 aromatic heterocycles. The highest BCUT2D eigenvalue weighted by Gasteiger charge is 2.19. The second kappa shape index (κ2) is 19.9. The van der Waals surface area contributed by atoms with Crippen molar-refractivity contribution < 1.29 is 23.9 Å². The van der Waals surface area contributed by atoms with Gasteiger partial charge in [0.25, 0.3) is 0 Å². The number of allylic oxidation sites excluding steroid dienone is 5. The van der Waals surface area contributed by atoms with Gasteiger partial charge < -0.3 is 20.2 Å². The first-order valence-corrected chi connectivity index (χ1v) is 15.3. The molecular formula is C36H46N4O5. The SMILES string of the molecule is C=CC/C(=C\C(NCCOC)=C(/C)C#N)C(=N)CC(=O)C1=Cc2nc(C=O)c(CCC(=C)CCOCC(C)=O)cc2CCCC1. The lowest BCUT2D eigenvalue weighted by Crippen LogP contribution is -2.20. The molecule has 0 bridgehead atoms. The zero-order valence-electron chi connectivity index (χ0n) is 26.9. The maximum absolute atomic E-state index is 13.5. The average Bonchev–Trinajstić information content (AvgIpc) is 3.00. The zero-order chi connectivity index (χ0) is 33.2. The van der Waals surface area contributed by atoms with Gasteiger partial charge in [0.1, 0.15) is 12.3 Å². The lowest BCUT2D eigenvalue weighted by Gasteiger charge is -2.17. The molecule has 0 saturated heterocycles. The maximum atomic E-state index is 13.5. The molecule has 9 nitrogen and oxygen atoms in total. The van der Waals surface area contributed by atoms with E-state index in [4.69, 9.17) is 14.9 Å². The van der Waals surface area contributed by atoms with E-state index >= 15 is 0 Å². The summed E-state index contributed by atoms with van der Waals surface area (Å²) < 4.78 is 10.4. The number of carbonyl (C=O) groups excluding carboxylic acids is 3. The molecule has 0 aliphatic heterocycles. The summed E-state index contributed by atoms with van der Waals surface area (Å²) in [7, 11) is 1.59. The summed E-state index contributed by atoms with van der Waals surface area (Å²) >= 11 is 0. The number of carbonyl (C=O) groups is 3. The number of Topliss-reactive ketones (excluding diaryl/α,β-unsaturated/α-hetero) is 2. The van der Waals surface area contributed by atoms with Crippen LogP contribution >= 0.6 is 0 Å². The maximum Gasteiger partial charge on any atom is 0.168 e. The summed E-state index contributed by atoms with van der Waals surface area (Å²) in [6.45, 7) is 12.5. The minimum atomic E-state index is -0.167. The summed E-state index contributed by atoms with van der Waals surface area (Å²) in [5, 5.41) is 21.4. The molecule has 0 saturated carbocycles. The van der Waals surface area contributed by atoms with Crippen LogP contribution < -0.4 is 5.32 Å². The van der Waals surface area contributed by atoms with Gasteiger partial charge in [-0.1, -0.05) is 24.3 Å². The number of pyridine rings is 1. The lowest BCUT2D eigenvalue weighted by molar-refractivity contribution is -0.121. The van der Waals surface area contributed by atoms with Crippen LogP contribution in [0.5, 0.6) is 0 Å². The van der Waals surface area contributed by atoms with Gasteiger partial charge in [0.05, 0.1) is 31.4 Å². The Bertz CT molecular complexity index is 1410. The van der Waals surface area contributed by atoms with Crippen LogP contribution in [0.2, 0.25) is 0 Å². The van der Waals surface area contributed by atoms with Crippen LogP contribution in [-0.2, 0) is 31.9 Å². The number of hydrogen-bond acceptors (Lipinski definition) is 9. The van der Waals surface area contributed by atoms with Crippen LogP contribution in [0.15, 0.2) is 59.4 Å². The highest BCUT2D eigenvalue weighted by molar-refractivity contribution is 6.15. The molecule has 0 atom stereocenters. The Kier molecular flexibility index (Phi) is 16.3. The molecule has 2 N–H and O–H groups in total. The summed E-state index contributed by atoms with van der Waals surface area (Å²) in [5.74, 6) is -0.186. The standard InChI is InChI=1S/C36H46N4O5/c1-6-9-28(19-33(26(3)22-37)39-15-17-44-5)32(38)21-36(43)31-11-8-7-10-29-18-30(35(23-41)40-34(29)20-31)13-12-25(2)14-16-45-24-27(4)42/h6,18-20,23,38-39H,1-2,7-17,21,24H2,3-5H3/b28-19+,31-20?,33-26-,38-32?. The number of aromatic nitrogens is 1. The number of nitrogens with zero attached hydrogens (tertiary/aromatic N) is 2. The van der Waals surface area contributed by atoms with Crippen LogP contribution in [0, 0.1) is 16.7 Å². The van der Waals surface area contributed by atoms with Crippen molar-refractivity contribution in [3.05, 3.63) is 81.9 Å². The second-order valence-corrected chi connectivity index (χ2v) is 11.1. The van der Waals surface area contributed by atoms with Crippen molar-refractivity contribution in [1.29, 1.82) is 10.7 Å². The average molecular weight is 615 g/mol. The number of nitrogens with one attached hydrogen (secondary N) is 2. The van der Waals surface area contributed by atoms with E-state index in [0.29, 0.717) is 85.7 Å². The highest BCUT2D eigenvalue weighted by atomic mass is 16.5. The normalized spacial score (nSPS) is 13.6. The zero-order valence-corrected chi connectivity index (χ0v) is 26.9. The predicted molar refractivity (Wildman–Crippen MR) is 177 cm³/mol. The van der Waals surface area contributed by atoms with Gasteiger partial charge in [-0.25, -0.2) is 4.98 Å². The molecule has 0 radical (unpaired) electrons. The molecular weight excluding hydrogens is 568 g/mol. The van der Waals surface area contributed by atoms with Crippen molar-refractivity contribution >= 4 is 29.6 Å². The minimum absolute atomic E-state index is 0.0189. The fourth-order valence-corrected chi connectivity index (χ4v) is 4.84. The van der Waals surface area contributed by atoms with Gasteiger partial charge in [-0.3, -0.25) is 14.4 Å². The number of ether oxygens (including phenoxy) is 2. The molecule has 240 valence electrons. The third-order valence-electron chi connectivity index (χ3n) is 7.42. The number of rotatable bonds is 20. The van der Waals surface area contributed by atoms with Crippen LogP contribution in [-0.4, -0.2) is 62.0 Å². The molecule has 0 fully saturated rings. The summed E-state index contributed by atoms with van der Waals surface area (Å²) in [6, 6.07) is 4.16. The Morgan fingerprint density at radius 1 is 1.20 bits per heavy atom. The van der Waals surface area contributed by atoms with Crippen LogP contribution in [0.3, 0.4) is 0 Å². The Balaban J connectivity index is 2.25. The molecule has 9 heteroatoms. The topological polar surface area (TPSA) is 142 Å². The van der Waals surface area contributed by atoms with Crippen LogP contribution in [0.25, 0.3) is 6.08 Å². The Hall–Kier alpha value is -4.26. The van der Waals surface area contributed by atoms with E-state index < -0.39 is 0 Å². The molecule has 1 aliphatic rings. The smallest absolute Gasteiger partial charge is 0.168 e. The van der Waals surface area contributed by atoms with Gasteiger partial charge in [0, 0.05) is 30.6 Å². The van der Waals surface area contributed by atoms with E-state index in [9.17, 15) is 19.6 Å². The molecule has 45 heavy (non-hydrogen) atoms. The fraction of sp³-hybridized carbons (Fsp3) is 0.444. The number of nitriles is 1. The van der Waals surface area contributed by atoms with Crippen molar-refractivity contribution in [2.75, 3.05) is 33.5 Å². The van der Waals surface area contributed by atoms with Gasteiger partial charge in [0.2, 0.25) is 0 Å². The first kappa shape index (κ1) is 36.9. The predicted octanol–water partition coefficient (Wildman–Crippen LogP) is 6.00. The van der Waals surface area contributed by atoms with Gasteiger partial charge in [-0.15, -0.1) is 6.58 Å². The van der Waals surface area contributed by atoms with Crippen molar-refractivity contribution in [3.8, 4) is 6.07 Å². The van der Waals surface area contributed by atoms with E-state index in [2.05, 4.69) is 29.5 Å². The molecule has 1 aliphatic carbocycles.